The number of halogens is 1. The molecule has 0 aliphatic carbocycles. The monoisotopic (exact) mass is 277 g/mol. The predicted octanol–water partition coefficient (Wildman–Crippen LogP) is 2.81. The smallest absolute Gasteiger partial charge is 0.212 e. The Hall–Kier alpha value is -1.65. The van der Waals surface area contributed by atoms with E-state index in [0.29, 0.717) is 22.8 Å². The summed E-state index contributed by atoms with van der Waals surface area (Å²) in [5.74, 6) is -0.125. The lowest BCUT2D eigenvalue weighted by Crippen LogP contribution is -2.14. The zero-order valence-electron chi connectivity index (χ0n) is 10.9. The maximum Gasteiger partial charge on any atom is 0.212 e. The van der Waals surface area contributed by atoms with Crippen LogP contribution in [0.5, 0.6) is 0 Å². The average Bonchev–Trinajstić information content (AvgIpc) is 2.80. The van der Waals surface area contributed by atoms with Gasteiger partial charge in [-0.3, -0.25) is 9.48 Å². The van der Waals surface area contributed by atoms with E-state index in [2.05, 4.69) is 5.10 Å². The van der Waals surface area contributed by atoms with Crippen molar-refractivity contribution in [1.82, 2.24) is 9.78 Å². The van der Waals surface area contributed by atoms with E-state index in [1.54, 1.807) is 16.8 Å². The van der Waals surface area contributed by atoms with Crippen LogP contribution in [0.1, 0.15) is 41.5 Å². The number of nitrogens with two attached hydrogens (primary N) is 1. The number of carbonyl (C=O) groups excluding carboxylic acids is 1. The molecule has 4 nitrogen and oxygen atoms in total. The van der Waals surface area contributed by atoms with Crippen molar-refractivity contribution in [3.8, 4) is 0 Å². The number of hydrogen-bond acceptors (Lipinski definition) is 3. The molecule has 2 aromatic rings. The van der Waals surface area contributed by atoms with E-state index in [-0.39, 0.29) is 11.8 Å². The third kappa shape index (κ3) is 2.69. The van der Waals surface area contributed by atoms with Crippen LogP contribution >= 0.6 is 11.6 Å². The van der Waals surface area contributed by atoms with Gasteiger partial charge in [-0.15, -0.1) is 0 Å². The first-order valence-electron chi connectivity index (χ1n) is 6.11. The Balaban J connectivity index is 2.40. The van der Waals surface area contributed by atoms with E-state index in [9.17, 15) is 4.79 Å². The predicted molar refractivity (Wildman–Crippen MR) is 75.4 cm³/mol. The molecular formula is C14H16ClN3O. The Morgan fingerprint density at radius 1 is 1.37 bits per heavy atom. The summed E-state index contributed by atoms with van der Waals surface area (Å²) in [4.78, 5) is 12.5. The summed E-state index contributed by atoms with van der Waals surface area (Å²) in [6.07, 6.45) is 1.50. The molecule has 0 spiro atoms. The lowest BCUT2D eigenvalue weighted by Gasteiger charge is -2.10. The van der Waals surface area contributed by atoms with Gasteiger partial charge in [-0.05, 0) is 19.4 Å². The standard InChI is InChI=1S/C14H16ClN3O/c1-9(2)18-13(12(15)8-17-18)14(19)11-5-3-10(7-16)4-6-11/h3-6,8-9H,7,16H2,1-2H3. The molecule has 19 heavy (non-hydrogen) atoms. The zero-order valence-corrected chi connectivity index (χ0v) is 11.7. The fourth-order valence-corrected chi connectivity index (χ4v) is 2.09. The third-order valence-electron chi connectivity index (χ3n) is 2.91. The van der Waals surface area contributed by atoms with Crippen LogP contribution in [0.4, 0.5) is 0 Å². The number of ketones is 1. The molecule has 0 amide bonds. The van der Waals surface area contributed by atoms with E-state index in [1.165, 1.54) is 6.20 Å². The second-order valence-electron chi connectivity index (χ2n) is 4.61. The molecule has 0 bridgehead atoms. The Labute approximate surface area is 117 Å². The summed E-state index contributed by atoms with van der Waals surface area (Å²) in [6, 6.07) is 7.29. The second kappa shape index (κ2) is 5.55. The topological polar surface area (TPSA) is 60.9 Å². The first-order chi connectivity index (χ1) is 9.04. The number of rotatable bonds is 4. The quantitative estimate of drug-likeness (QED) is 0.874. The fraction of sp³-hybridized carbons (Fsp3) is 0.286. The number of aromatic nitrogens is 2. The molecule has 0 atom stereocenters. The van der Waals surface area contributed by atoms with Gasteiger partial charge >= 0.3 is 0 Å². The Bertz CT molecular complexity index is 587. The van der Waals surface area contributed by atoms with Crippen molar-refractivity contribution in [2.24, 2.45) is 5.73 Å². The highest BCUT2D eigenvalue weighted by molar-refractivity contribution is 6.34. The van der Waals surface area contributed by atoms with Crippen molar-refractivity contribution >= 4 is 17.4 Å². The van der Waals surface area contributed by atoms with Gasteiger partial charge in [0.15, 0.2) is 0 Å². The molecule has 0 fully saturated rings. The summed E-state index contributed by atoms with van der Waals surface area (Å²) in [5.41, 5.74) is 7.54. The van der Waals surface area contributed by atoms with Gasteiger partial charge in [0.05, 0.1) is 11.2 Å². The van der Waals surface area contributed by atoms with Crippen LogP contribution < -0.4 is 5.73 Å². The molecular weight excluding hydrogens is 262 g/mol. The summed E-state index contributed by atoms with van der Waals surface area (Å²) in [7, 11) is 0. The van der Waals surface area contributed by atoms with Crippen LogP contribution in [0.15, 0.2) is 30.5 Å². The normalized spacial score (nSPS) is 11.0. The summed E-state index contributed by atoms with van der Waals surface area (Å²) >= 11 is 6.07. The maximum atomic E-state index is 12.5. The molecule has 0 aliphatic heterocycles. The van der Waals surface area contributed by atoms with Crippen LogP contribution in [0, 0.1) is 0 Å². The molecule has 0 unspecified atom stereocenters. The van der Waals surface area contributed by atoms with Crippen LogP contribution in [0.25, 0.3) is 0 Å². The Morgan fingerprint density at radius 2 is 2.00 bits per heavy atom. The van der Waals surface area contributed by atoms with Gasteiger partial charge in [0.2, 0.25) is 5.78 Å². The molecule has 2 rings (SSSR count). The minimum atomic E-state index is -0.125. The summed E-state index contributed by atoms with van der Waals surface area (Å²) < 4.78 is 1.64. The van der Waals surface area contributed by atoms with Crippen molar-refractivity contribution in [1.29, 1.82) is 0 Å². The molecule has 2 N–H and O–H groups in total. The van der Waals surface area contributed by atoms with Gasteiger partial charge in [-0.1, -0.05) is 35.9 Å². The number of carbonyl (C=O) groups is 1. The molecule has 0 saturated carbocycles. The zero-order chi connectivity index (χ0) is 14.0. The highest BCUT2D eigenvalue weighted by Gasteiger charge is 2.20. The largest absolute Gasteiger partial charge is 0.326 e. The first-order valence-corrected chi connectivity index (χ1v) is 6.49. The van der Waals surface area contributed by atoms with Crippen molar-refractivity contribution in [2.75, 3.05) is 0 Å². The van der Waals surface area contributed by atoms with Gasteiger partial charge in [-0.2, -0.15) is 5.10 Å². The van der Waals surface area contributed by atoms with E-state index in [1.807, 2.05) is 26.0 Å². The molecule has 100 valence electrons. The van der Waals surface area contributed by atoms with Crippen LogP contribution in [0.3, 0.4) is 0 Å². The fourth-order valence-electron chi connectivity index (χ4n) is 1.87. The van der Waals surface area contributed by atoms with Crippen LogP contribution in [-0.2, 0) is 6.54 Å². The lowest BCUT2D eigenvalue weighted by atomic mass is 10.1. The Morgan fingerprint density at radius 3 is 2.53 bits per heavy atom. The summed E-state index contributed by atoms with van der Waals surface area (Å²) in [5, 5.41) is 4.52. The van der Waals surface area contributed by atoms with Crippen LogP contribution in [-0.4, -0.2) is 15.6 Å². The SMILES string of the molecule is CC(C)n1ncc(Cl)c1C(=O)c1ccc(CN)cc1. The first kappa shape index (κ1) is 13.8. The molecule has 0 radical (unpaired) electrons. The van der Waals surface area contributed by atoms with Gasteiger partial charge in [0, 0.05) is 18.2 Å². The molecule has 0 saturated heterocycles. The Kier molecular flexibility index (Phi) is 4.02. The van der Waals surface area contributed by atoms with E-state index < -0.39 is 0 Å². The third-order valence-corrected chi connectivity index (χ3v) is 3.18. The van der Waals surface area contributed by atoms with Crippen LogP contribution in [0.2, 0.25) is 5.02 Å². The number of benzene rings is 1. The van der Waals surface area contributed by atoms with E-state index >= 15 is 0 Å². The average molecular weight is 278 g/mol. The number of hydrogen-bond donors (Lipinski definition) is 1. The maximum absolute atomic E-state index is 12.5. The molecule has 1 heterocycles. The van der Waals surface area contributed by atoms with Crippen molar-refractivity contribution in [3.63, 3.8) is 0 Å². The van der Waals surface area contributed by atoms with Gasteiger partial charge in [-0.25, -0.2) is 0 Å². The van der Waals surface area contributed by atoms with E-state index in [0.717, 1.165) is 5.56 Å². The minimum absolute atomic E-state index is 0.0785. The molecule has 0 aliphatic rings. The van der Waals surface area contributed by atoms with E-state index in [4.69, 9.17) is 17.3 Å². The molecule has 5 heteroatoms. The lowest BCUT2D eigenvalue weighted by molar-refractivity contribution is 0.102. The van der Waals surface area contributed by atoms with Gasteiger partial charge < -0.3 is 5.73 Å². The number of nitrogens with zero attached hydrogens (tertiary/aromatic N) is 2. The second-order valence-corrected chi connectivity index (χ2v) is 5.02. The van der Waals surface area contributed by atoms with Crippen molar-refractivity contribution in [3.05, 3.63) is 52.3 Å². The summed E-state index contributed by atoms with van der Waals surface area (Å²) in [6.45, 7) is 4.37. The highest BCUT2D eigenvalue weighted by Crippen LogP contribution is 2.22. The van der Waals surface area contributed by atoms with Gasteiger partial charge in [0.25, 0.3) is 0 Å². The van der Waals surface area contributed by atoms with Gasteiger partial charge in [0.1, 0.15) is 5.69 Å². The minimum Gasteiger partial charge on any atom is -0.326 e. The van der Waals surface area contributed by atoms with Crippen molar-refractivity contribution in [2.45, 2.75) is 26.4 Å². The molecule has 1 aromatic carbocycles. The highest BCUT2D eigenvalue weighted by atomic mass is 35.5. The van der Waals surface area contributed by atoms with Crippen molar-refractivity contribution < 1.29 is 4.79 Å². The molecule has 1 aromatic heterocycles.